The molecule has 0 aliphatic rings. The Morgan fingerprint density at radius 2 is 2.28 bits per heavy atom. The number of rotatable bonds is 6. The Morgan fingerprint density at radius 1 is 1.61 bits per heavy atom. The van der Waals surface area contributed by atoms with Crippen molar-refractivity contribution < 1.29 is 14.7 Å². The number of hydrogen-bond acceptors (Lipinski definition) is 5. The lowest BCUT2D eigenvalue weighted by molar-refractivity contribution is -0.138. The van der Waals surface area contributed by atoms with Crippen LogP contribution >= 0.6 is 0 Å². The van der Waals surface area contributed by atoms with Crippen molar-refractivity contribution in [1.29, 1.82) is 0 Å². The number of carbonyl (C=O) groups excluding carboxylic acids is 1. The van der Waals surface area contributed by atoms with Gasteiger partial charge in [-0.3, -0.25) is 9.59 Å². The van der Waals surface area contributed by atoms with Crippen molar-refractivity contribution in [3.05, 3.63) is 11.9 Å². The largest absolute Gasteiger partial charge is 0.480 e. The van der Waals surface area contributed by atoms with Gasteiger partial charge >= 0.3 is 5.97 Å². The van der Waals surface area contributed by atoms with Gasteiger partial charge in [-0.1, -0.05) is 5.21 Å². The van der Waals surface area contributed by atoms with Crippen LogP contribution in [0.15, 0.2) is 6.20 Å². The zero-order chi connectivity index (χ0) is 13.7. The zero-order valence-electron chi connectivity index (χ0n) is 10.4. The lowest BCUT2D eigenvalue weighted by atomic mass is 10.2. The Bertz CT molecular complexity index is 431. The maximum absolute atomic E-state index is 11.6. The normalized spacial score (nSPS) is 12.2. The molecule has 1 rings (SSSR count). The molecule has 100 valence electrons. The second-order valence-corrected chi connectivity index (χ2v) is 3.96. The van der Waals surface area contributed by atoms with Crippen LogP contribution in [0.4, 0.5) is 0 Å². The number of nitrogens with zero attached hydrogens (tertiary/aromatic N) is 4. The van der Waals surface area contributed by atoms with E-state index in [0.29, 0.717) is 12.2 Å². The SMILES string of the molecule is CCN(C)C(=O)Cn1cc(CC(N)C(=O)O)nn1. The molecule has 1 heterocycles. The summed E-state index contributed by atoms with van der Waals surface area (Å²) in [5, 5.41) is 16.2. The van der Waals surface area contributed by atoms with Crippen molar-refractivity contribution in [2.75, 3.05) is 13.6 Å². The van der Waals surface area contributed by atoms with Crippen LogP contribution in [0.1, 0.15) is 12.6 Å². The Balaban J connectivity index is 2.58. The van der Waals surface area contributed by atoms with Crippen molar-refractivity contribution in [2.45, 2.75) is 25.9 Å². The van der Waals surface area contributed by atoms with Crippen molar-refractivity contribution in [2.24, 2.45) is 5.73 Å². The first-order chi connectivity index (χ1) is 8.43. The number of likely N-dealkylation sites (N-methyl/N-ethyl adjacent to an activating group) is 1. The van der Waals surface area contributed by atoms with E-state index in [2.05, 4.69) is 10.3 Å². The predicted molar refractivity (Wildman–Crippen MR) is 62.6 cm³/mol. The predicted octanol–water partition coefficient (Wildman–Crippen LogP) is -1.29. The molecule has 8 heteroatoms. The molecule has 0 spiro atoms. The Hall–Kier alpha value is -1.96. The number of carboxylic acids is 1. The van der Waals surface area contributed by atoms with Crippen LogP contribution in [0.2, 0.25) is 0 Å². The summed E-state index contributed by atoms with van der Waals surface area (Å²) in [4.78, 5) is 23.7. The third-order valence-electron chi connectivity index (χ3n) is 2.53. The minimum atomic E-state index is -1.09. The fourth-order valence-corrected chi connectivity index (χ4v) is 1.26. The van der Waals surface area contributed by atoms with Gasteiger partial charge in [-0.05, 0) is 6.92 Å². The maximum Gasteiger partial charge on any atom is 0.320 e. The van der Waals surface area contributed by atoms with E-state index in [1.54, 1.807) is 11.9 Å². The molecular formula is C10H17N5O3. The standard InChI is InChI=1S/C10H17N5O3/c1-3-14(2)9(16)6-15-5-7(12-13-15)4-8(11)10(17)18/h5,8H,3-4,6,11H2,1-2H3,(H,17,18). The van der Waals surface area contributed by atoms with Crippen molar-refractivity contribution in [1.82, 2.24) is 19.9 Å². The van der Waals surface area contributed by atoms with Crippen LogP contribution < -0.4 is 5.73 Å². The van der Waals surface area contributed by atoms with E-state index in [4.69, 9.17) is 10.8 Å². The summed E-state index contributed by atoms with van der Waals surface area (Å²) in [5.41, 5.74) is 5.83. The fraction of sp³-hybridized carbons (Fsp3) is 0.600. The molecule has 1 unspecified atom stereocenters. The number of hydrogen-bond donors (Lipinski definition) is 2. The average Bonchev–Trinajstić information content (AvgIpc) is 2.75. The third kappa shape index (κ3) is 3.81. The fourth-order valence-electron chi connectivity index (χ4n) is 1.26. The first kappa shape index (κ1) is 14.1. The van der Waals surface area contributed by atoms with E-state index in [1.165, 1.54) is 10.9 Å². The average molecular weight is 255 g/mol. The van der Waals surface area contributed by atoms with Gasteiger partial charge in [0, 0.05) is 26.2 Å². The summed E-state index contributed by atoms with van der Waals surface area (Å²) < 4.78 is 1.37. The van der Waals surface area contributed by atoms with Crippen LogP contribution in [-0.2, 0) is 22.6 Å². The van der Waals surface area contributed by atoms with E-state index in [-0.39, 0.29) is 18.9 Å². The molecule has 0 fully saturated rings. The third-order valence-corrected chi connectivity index (χ3v) is 2.53. The summed E-state index contributed by atoms with van der Waals surface area (Å²) in [7, 11) is 1.69. The number of aliphatic carboxylic acids is 1. The van der Waals surface area contributed by atoms with Gasteiger partial charge in [-0.2, -0.15) is 0 Å². The monoisotopic (exact) mass is 255 g/mol. The Morgan fingerprint density at radius 3 is 2.83 bits per heavy atom. The van der Waals surface area contributed by atoms with Crippen LogP contribution in [0.3, 0.4) is 0 Å². The second-order valence-electron chi connectivity index (χ2n) is 3.96. The van der Waals surface area contributed by atoms with Gasteiger partial charge < -0.3 is 15.7 Å². The van der Waals surface area contributed by atoms with Gasteiger partial charge in [0.1, 0.15) is 12.6 Å². The highest BCUT2D eigenvalue weighted by molar-refractivity contribution is 5.75. The number of carboxylic acid groups (broad SMARTS) is 1. The Labute approximate surface area is 104 Å². The molecule has 0 aliphatic heterocycles. The smallest absolute Gasteiger partial charge is 0.320 e. The zero-order valence-corrected chi connectivity index (χ0v) is 10.4. The molecule has 0 saturated carbocycles. The molecular weight excluding hydrogens is 238 g/mol. The minimum absolute atomic E-state index is 0.0830. The molecule has 1 atom stereocenters. The molecule has 0 bridgehead atoms. The van der Waals surface area contributed by atoms with E-state index in [9.17, 15) is 9.59 Å². The van der Waals surface area contributed by atoms with Gasteiger partial charge in [-0.25, -0.2) is 4.68 Å². The van der Waals surface area contributed by atoms with Crippen molar-refractivity contribution >= 4 is 11.9 Å². The first-order valence-electron chi connectivity index (χ1n) is 5.55. The highest BCUT2D eigenvalue weighted by Gasteiger charge is 2.15. The molecule has 18 heavy (non-hydrogen) atoms. The van der Waals surface area contributed by atoms with E-state index in [0.717, 1.165) is 0 Å². The molecule has 0 radical (unpaired) electrons. The molecule has 0 aromatic carbocycles. The van der Waals surface area contributed by atoms with Crippen LogP contribution in [0, 0.1) is 0 Å². The topological polar surface area (TPSA) is 114 Å². The minimum Gasteiger partial charge on any atom is -0.480 e. The molecule has 3 N–H and O–H groups in total. The van der Waals surface area contributed by atoms with E-state index >= 15 is 0 Å². The highest BCUT2D eigenvalue weighted by Crippen LogP contribution is 1.99. The summed E-state index contributed by atoms with van der Waals surface area (Å²) in [6, 6.07) is -1.01. The summed E-state index contributed by atoms with van der Waals surface area (Å²) >= 11 is 0. The summed E-state index contributed by atoms with van der Waals surface area (Å²) in [5.74, 6) is -1.18. The van der Waals surface area contributed by atoms with Crippen molar-refractivity contribution in [3.63, 3.8) is 0 Å². The Kier molecular flexibility index (Phi) is 4.78. The molecule has 0 aliphatic carbocycles. The summed E-state index contributed by atoms with van der Waals surface area (Å²) in [6.45, 7) is 2.57. The van der Waals surface area contributed by atoms with Crippen molar-refractivity contribution in [3.8, 4) is 0 Å². The number of aromatic nitrogens is 3. The van der Waals surface area contributed by atoms with E-state index in [1.807, 2.05) is 6.92 Å². The second kappa shape index (κ2) is 6.10. The highest BCUT2D eigenvalue weighted by atomic mass is 16.4. The van der Waals surface area contributed by atoms with Crippen LogP contribution in [-0.4, -0.2) is 56.5 Å². The number of carbonyl (C=O) groups is 2. The lowest BCUT2D eigenvalue weighted by Gasteiger charge is -2.13. The molecule has 1 aromatic rings. The maximum atomic E-state index is 11.6. The van der Waals surface area contributed by atoms with Crippen LogP contribution in [0.5, 0.6) is 0 Å². The van der Waals surface area contributed by atoms with Gasteiger partial charge in [-0.15, -0.1) is 5.10 Å². The summed E-state index contributed by atoms with van der Waals surface area (Å²) in [6.07, 6.45) is 1.62. The number of amides is 1. The van der Waals surface area contributed by atoms with Gasteiger partial charge in [0.2, 0.25) is 5.91 Å². The molecule has 0 saturated heterocycles. The lowest BCUT2D eigenvalue weighted by Crippen LogP contribution is -2.32. The quantitative estimate of drug-likeness (QED) is 0.653. The van der Waals surface area contributed by atoms with Gasteiger partial charge in [0.25, 0.3) is 0 Å². The van der Waals surface area contributed by atoms with Crippen LogP contribution in [0.25, 0.3) is 0 Å². The number of nitrogens with two attached hydrogens (primary N) is 1. The van der Waals surface area contributed by atoms with E-state index < -0.39 is 12.0 Å². The molecule has 1 aromatic heterocycles. The first-order valence-corrected chi connectivity index (χ1v) is 5.55. The molecule has 1 amide bonds. The van der Waals surface area contributed by atoms with Gasteiger partial charge in [0.05, 0.1) is 5.69 Å². The van der Waals surface area contributed by atoms with Gasteiger partial charge in [0.15, 0.2) is 0 Å². The molecule has 8 nitrogen and oxygen atoms in total.